The first-order valence-corrected chi connectivity index (χ1v) is 13.7. The van der Waals surface area contributed by atoms with Crippen molar-refractivity contribution >= 4 is 5.97 Å². The molecule has 0 N–H and O–H groups in total. The summed E-state index contributed by atoms with van der Waals surface area (Å²) < 4.78 is 39.8. The highest BCUT2D eigenvalue weighted by molar-refractivity contribution is 5.81. The number of rotatable bonds is 15. The third-order valence-corrected chi connectivity index (χ3v) is 6.54. The van der Waals surface area contributed by atoms with Crippen LogP contribution in [0.15, 0.2) is 60.8 Å². The van der Waals surface area contributed by atoms with Gasteiger partial charge < -0.3 is 9.47 Å². The molecular weight excluding hydrogens is 484 g/mol. The zero-order chi connectivity index (χ0) is 27.4. The zero-order valence-corrected chi connectivity index (χ0v) is 22.8. The summed E-state index contributed by atoms with van der Waals surface area (Å²) in [4.78, 5) is 16.6. The number of nitrogens with zero attached hydrogens (tertiary/aromatic N) is 1. The number of pyridine rings is 1. The molecule has 2 aromatic carbocycles. The van der Waals surface area contributed by atoms with Gasteiger partial charge in [-0.05, 0) is 61.7 Å². The van der Waals surface area contributed by atoms with E-state index in [-0.39, 0.29) is 17.9 Å². The minimum absolute atomic E-state index is 0.112. The van der Waals surface area contributed by atoms with Crippen LogP contribution in [0.2, 0.25) is 0 Å². The van der Waals surface area contributed by atoms with Gasteiger partial charge >= 0.3 is 5.97 Å². The Bertz CT molecular complexity index is 1140. The van der Waals surface area contributed by atoms with E-state index in [0.717, 1.165) is 24.0 Å². The number of hydrogen-bond acceptors (Lipinski definition) is 4. The zero-order valence-electron chi connectivity index (χ0n) is 22.8. The maximum Gasteiger partial charge on any atom is 0.348 e. The number of esters is 1. The first kappa shape index (κ1) is 29.3. The number of carbonyl (C=O) groups is 1. The summed E-state index contributed by atoms with van der Waals surface area (Å²) in [5.41, 5.74) is 1.02. The van der Waals surface area contributed by atoms with Crippen LogP contribution in [0.5, 0.6) is 11.5 Å². The molecule has 6 heteroatoms. The Morgan fingerprint density at radius 1 is 0.842 bits per heavy atom. The molecular formula is C32H39F2NO3. The molecule has 3 rings (SSSR count). The normalized spacial score (nSPS) is 12.7. The quantitative estimate of drug-likeness (QED) is 0.113. The summed E-state index contributed by atoms with van der Waals surface area (Å²) in [5.74, 6) is -0.739. The maximum atomic E-state index is 14.6. The molecule has 0 spiro atoms. The average molecular weight is 524 g/mol. The van der Waals surface area contributed by atoms with Crippen LogP contribution < -0.4 is 9.47 Å². The molecule has 0 amide bonds. The van der Waals surface area contributed by atoms with Crippen molar-refractivity contribution in [2.75, 3.05) is 6.61 Å². The molecule has 1 atom stereocenters. The number of halogens is 2. The highest BCUT2D eigenvalue weighted by Crippen LogP contribution is 2.28. The summed E-state index contributed by atoms with van der Waals surface area (Å²) in [5, 5.41) is 0. The molecule has 1 heterocycles. The topological polar surface area (TPSA) is 48.4 Å². The second kappa shape index (κ2) is 14.6. The van der Waals surface area contributed by atoms with Gasteiger partial charge in [-0.15, -0.1) is 0 Å². The predicted octanol–water partition coefficient (Wildman–Crippen LogP) is 9.12. The van der Waals surface area contributed by atoms with Gasteiger partial charge in [-0.2, -0.15) is 0 Å². The third kappa shape index (κ3) is 8.64. The van der Waals surface area contributed by atoms with Gasteiger partial charge in [0.25, 0.3) is 0 Å². The van der Waals surface area contributed by atoms with E-state index < -0.39 is 17.5 Å². The van der Waals surface area contributed by atoms with Crippen molar-refractivity contribution in [3.8, 4) is 33.9 Å². The Balaban J connectivity index is 1.54. The van der Waals surface area contributed by atoms with Crippen LogP contribution in [0, 0.1) is 5.82 Å². The molecule has 0 unspecified atom stereocenters. The van der Waals surface area contributed by atoms with E-state index in [1.165, 1.54) is 45.1 Å². The van der Waals surface area contributed by atoms with Gasteiger partial charge in [0.05, 0.1) is 12.3 Å². The van der Waals surface area contributed by atoms with E-state index in [1.54, 1.807) is 36.5 Å². The van der Waals surface area contributed by atoms with Crippen molar-refractivity contribution in [1.29, 1.82) is 0 Å². The smallest absolute Gasteiger partial charge is 0.348 e. The fourth-order valence-electron chi connectivity index (χ4n) is 4.25. The summed E-state index contributed by atoms with van der Waals surface area (Å²) in [7, 11) is 0. The van der Waals surface area contributed by atoms with Crippen molar-refractivity contribution in [3.63, 3.8) is 0 Å². The van der Waals surface area contributed by atoms with Crippen LogP contribution in [0.4, 0.5) is 8.78 Å². The lowest BCUT2D eigenvalue weighted by molar-refractivity contribution is -0.147. The van der Waals surface area contributed by atoms with Gasteiger partial charge in [-0.3, -0.25) is 4.98 Å². The Labute approximate surface area is 225 Å². The largest absolute Gasteiger partial charge is 0.491 e. The average Bonchev–Trinajstić information content (AvgIpc) is 2.91. The van der Waals surface area contributed by atoms with Crippen LogP contribution in [-0.2, 0) is 4.79 Å². The van der Waals surface area contributed by atoms with Crippen molar-refractivity contribution in [1.82, 2.24) is 4.98 Å². The molecule has 0 aliphatic rings. The van der Waals surface area contributed by atoms with E-state index in [9.17, 15) is 13.6 Å². The standard InChI is InChI=1S/C32H39F2NO3/c1-4-6-7-8-9-10-11-21-37-30-19-15-25(22-28(30)33)29-18-14-26(23-35-29)24-12-16-27(17-13-24)38-31(36)32(3,34)20-5-2/h12-19,22-23H,4-11,20-21H2,1-3H3/t32-/m0/s1. The fraction of sp³-hybridized carbons (Fsp3) is 0.438. The van der Waals surface area contributed by atoms with Gasteiger partial charge in [-0.25, -0.2) is 13.6 Å². The lowest BCUT2D eigenvalue weighted by Crippen LogP contribution is -2.34. The van der Waals surface area contributed by atoms with Gasteiger partial charge in [0, 0.05) is 17.3 Å². The molecule has 0 bridgehead atoms. The Morgan fingerprint density at radius 3 is 2.13 bits per heavy atom. The van der Waals surface area contributed by atoms with E-state index in [0.29, 0.717) is 24.3 Å². The summed E-state index contributed by atoms with van der Waals surface area (Å²) in [6, 6.07) is 15.5. The first-order chi connectivity index (χ1) is 18.3. The molecule has 0 radical (unpaired) electrons. The van der Waals surface area contributed by atoms with E-state index >= 15 is 0 Å². The molecule has 3 aromatic rings. The molecule has 0 fully saturated rings. The SMILES string of the molecule is CCCCCCCCCOc1ccc(-c2ccc(-c3ccc(OC(=O)[C@@](C)(F)CCC)cc3)cn2)cc1F. The van der Waals surface area contributed by atoms with Crippen LogP contribution in [0.3, 0.4) is 0 Å². The number of benzene rings is 2. The molecule has 204 valence electrons. The monoisotopic (exact) mass is 523 g/mol. The summed E-state index contributed by atoms with van der Waals surface area (Å²) >= 11 is 0. The second-order valence-electron chi connectivity index (χ2n) is 9.91. The molecule has 0 saturated heterocycles. The minimum Gasteiger partial charge on any atom is -0.491 e. The van der Waals surface area contributed by atoms with Crippen LogP contribution >= 0.6 is 0 Å². The second-order valence-corrected chi connectivity index (χ2v) is 9.91. The molecule has 0 aliphatic heterocycles. The highest BCUT2D eigenvalue weighted by Gasteiger charge is 2.34. The van der Waals surface area contributed by atoms with Crippen LogP contribution in [0.25, 0.3) is 22.4 Å². The number of alkyl halides is 1. The Hall–Kier alpha value is -3.28. The Kier molecular flexibility index (Phi) is 11.3. The maximum absolute atomic E-state index is 14.6. The number of aromatic nitrogens is 1. The molecule has 0 saturated carbocycles. The molecule has 0 aliphatic carbocycles. The fourth-order valence-corrected chi connectivity index (χ4v) is 4.25. The lowest BCUT2D eigenvalue weighted by Gasteiger charge is -2.17. The summed E-state index contributed by atoms with van der Waals surface area (Å²) in [6.07, 6.45) is 10.7. The molecule has 38 heavy (non-hydrogen) atoms. The van der Waals surface area contributed by atoms with Crippen LogP contribution in [0.1, 0.15) is 78.6 Å². The first-order valence-electron chi connectivity index (χ1n) is 13.7. The van der Waals surface area contributed by atoms with E-state index in [1.807, 2.05) is 25.1 Å². The minimum atomic E-state index is -2.01. The van der Waals surface area contributed by atoms with Crippen molar-refractivity contribution in [3.05, 3.63) is 66.6 Å². The highest BCUT2D eigenvalue weighted by atomic mass is 19.1. The third-order valence-electron chi connectivity index (χ3n) is 6.54. The lowest BCUT2D eigenvalue weighted by atomic mass is 10.0. The number of unbranched alkanes of at least 4 members (excludes halogenated alkanes) is 6. The number of carbonyl (C=O) groups excluding carboxylic acids is 1. The number of ether oxygens (including phenoxy) is 2. The van der Waals surface area contributed by atoms with Crippen molar-refractivity contribution in [2.24, 2.45) is 0 Å². The van der Waals surface area contributed by atoms with Crippen LogP contribution in [-0.4, -0.2) is 23.2 Å². The summed E-state index contributed by atoms with van der Waals surface area (Å²) in [6.45, 7) is 5.78. The van der Waals surface area contributed by atoms with E-state index in [2.05, 4.69) is 11.9 Å². The predicted molar refractivity (Wildman–Crippen MR) is 149 cm³/mol. The van der Waals surface area contributed by atoms with Crippen molar-refractivity contribution < 1.29 is 23.0 Å². The van der Waals surface area contributed by atoms with Gasteiger partial charge in [-0.1, -0.05) is 77.0 Å². The van der Waals surface area contributed by atoms with Gasteiger partial charge in [0.1, 0.15) is 5.75 Å². The Morgan fingerprint density at radius 2 is 1.50 bits per heavy atom. The van der Waals surface area contributed by atoms with Gasteiger partial charge in [0.15, 0.2) is 11.6 Å². The van der Waals surface area contributed by atoms with Crippen molar-refractivity contribution in [2.45, 2.75) is 84.2 Å². The molecule has 1 aromatic heterocycles. The van der Waals surface area contributed by atoms with E-state index in [4.69, 9.17) is 9.47 Å². The molecule has 4 nitrogen and oxygen atoms in total. The van der Waals surface area contributed by atoms with Gasteiger partial charge in [0.2, 0.25) is 5.67 Å². The number of hydrogen-bond donors (Lipinski definition) is 0.